The quantitative estimate of drug-likeness (QED) is 0.220. The highest BCUT2D eigenvalue weighted by atomic mass is 35.5. The maximum Gasteiger partial charge on any atom is 0.261 e. The molecule has 1 saturated heterocycles. The van der Waals surface area contributed by atoms with E-state index in [2.05, 4.69) is 30.1 Å². The second-order valence-electron chi connectivity index (χ2n) is 10.2. The number of hydrogen-bond donors (Lipinski definition) is 4. The van der Waals surface area contributed by atoms with Gasteiger partial charge < -0.3 is 29.9 Å². The summed E-state index contributed by atoms with van der Waals surface area (Å²) in [5.74, 6) is 2.04. The number of rotatable bonds is 8. The Morgan fingerprint density at radius 1 is 1.15 bits per heavy atom. The highest BCUT2D eigenvalue weighted by Gasteiger charge is 2.23. The first-order valence-electron chi connectivity index (χ1n) is 13.4. The van der Waals surface area contributed by atoms with Crippen LogP contribution in [0.2, 0.25) is 5.02 Å². The highest BCUT2D eigenvalue weighted by Crippen LogP contribution is 2.27. The second kappa shape index (κ2) is 11.3. The molecule has 4 N–H and O–H groups in total. The third-order valence-electron chi connectivity index (χ3n) is 7.36. The first kappa shape index (κ1) is 26.9. The molecule has 0 amide bonds. The maximum atomic E-state index is 13.0. The largest absolute Gasteiger partial charge is 0.387 e. The van der Waals surface area contributed by atoms with Gasteiger partial charge in [0.15, 0.2) is 5.65 Å². The van der Waals surface area contributed by atoms with Gasteiger partial charge in [-0.25, -0.2) is 15.0 Å². The van der Waals surface area contributed by atoms with Crippen molar-refractivity contribution in [3.8, 4) is 11.4 Å². The van der Waals surface area contributed by atoms with Crippen molar-refractivity contribution in [2.24, 2.45) is 7.05 Å². The topological polar surface area (TPSA) is 144 Å². The zero-order chi connectivity index (χ0) is 28.5. The molecular weight excluding hydrogens is 544 g/mol. The summed E-state index contributed by atoms with van der Waals surface area (Å²) >= 11 is 6.07. The van der Waals surface area contributed by atoms with E-state index in [0.29, 0.717) is 44.8 Å². The average molecular weight is 575 g/mol. The molecule has 41 heavy (non-hydrogen) atoms. The molecule has 0 bridgehead atoms. The summed E-state index contributed by atoms with van der Waals surface area (Å²) in [6.45, 7) is 6.19. The van der Waals surface area contributed by atoms with Gasteiger partial charge in [0.2, 0.25) is 5.95 Å². The van der Waals surface area contributed by atoms with Crippen LogP contribution in [0.25, 0.3) is 22.6 Å². The minimum absolute atomic E-state index is 0.173. The minimum Gasteiger partial charge on any atom is -0.387 e. The first-order chi connectivity index (χ1) is 19.9. The van der Waals surface area contributed by atoms with Gasteiger partial charge in [0.05, 0.1) is 24.0 Å². The SMILES string of the molecule is Cc1nc(N2CCN(Cc3nccn3C)CC2)nc2[nH]c(-c3c(NCC(O)c4cccc(Cl)c4)cc[nH]c3=O)nc12. The van der Waals surface area contributed by atoms with E-state index in [4.69, 9.17) is 26.6 Å². The van der Waals surface area contributed by atoms with E-state index in [-0.39, 0.29) is 12.1 Å². The fourth-order valence-electron chi connectivity index (χ4n) is 5.04. The third-order valence-corrected chi connectivity index (χ3v) is 7.60. The summed E-state index contributed by atoms with van der Waals surface area (Å²) in [6.07, 6.45) is 4.52. The number of anilines is 2. The molecule has 1 atom stereocenters. The van der Waals surface area contributed by atoms with Crippen molar-refractivity contribution in [1.82, 2.24) is 39.4 Å². The Morgan fingerprint density at radius 2 is 1.98 bits per heavy atom. The van der Waals surface area contributed by atoms with Crippen LogP contribution in [-0.4, -0.2) is 77.2 Å². The van der Waals surface area contributed by atoms with Gasteiger partial charge in [-0.1, -0.05) is 23.7 Å². The molecule has 1 aromatic carbocycles. The molecule has 0 spiro atoms. The number of pyridine rings is 1. The van der Waals surface area contributed by atoms with Gasteiger partial charge in [-0.2, -0.15) is 4.98 Å². The Balaban J connectivity index is 1.21. The van der Waals surface area contributed by atoms with Crippen LogP contribution in [0.3, 0.4) is 0 Å². The number of fused-ring (bicyclic) bond motifs is 1. The lowest BCUT2D eigenvalue weighted by Crippen LogP contribution is -2.46. The molecule has 1 unspecified atom stereocenters. The number of aromatic nitrogens is 7. The summed E-state index contributed by atoms with van der Waals surface area (Å²) in [5.41, 5.74) is 3.10. The van der Waals surface area contributed by atoms with Crippen molar-refractivity contribution >= 4 is 34.4 Å². The Kier molecular flexibility index (Phi) is 7.43. The number of piperazine rings is 1. The van der Waals surface area contributed by atoms with Gasteiger partial charge in [0, 0.05) is 63.4 Å². The summed E-state index contributed by atoms with van der Waals surface area (Å²) < 4.78 is 2.04. The molecule has 0 saturated carbocycles. The van der Waals surface area contributed by atoms with Gasteiger partial charge in [-0.3, -0.25) is 9.69 Å². The van der Waals surface area contributed by atoms with Gasteiger partial charge in [-0.05, 0) is 30.7 Å². The zero-order valence-corrected chi connectivity index (χ0v) is 23.6. The molecule has 212 valence electrons. The van der Waals surface area contributed by atoms with Crippen molar-refractivity contribution in [3.05, 3.63) is 81.4 Å². The lowest BCUT2D eigenvalue weighted by Gasteiger charge is -2.34. The van der Waals surface area contributed by atoms with Crippen molar-refractivity contribution in [2.75, 3.05) is 42.9 Å². The fourth-order valence-corrected chi connectivity index (χ4v) is 5.24. The fraction of sp³-hybridized carbons (Fsp3) is 0.321. The number of aryl methyl sites for hydroxylation is 2. The number of aliphatic hydroxyl groups excluding tert-OH is 1. The van der Waals surface area contributed by atoms with Gasteiger partial charge in [0.1, 0.15) is 22.7 Å². The molecule has 5 aromatic rings. The monoisotopic (exact) mass is 574 g/mol. The van der Waals surface area contributed by atoms with E-state index in [0.717, 1.165) is 44.2 Å². The zero-order valence-electron chi connectivity index (χ0n) is 22.8. The Bertz CT molecular complexity index is 1740. The number of aliphatic hydroxyl groups is 1. The number of halogens is 1. The van der Waals surface area contributed by atoms with Gasteiger partial charge >= 0.3 is 0 Å². The van der Waals surface area contributed by atoms with Crippen LogP contribution in [0.1, 0.15) is 23.2 Å². The van der Waals surface area contributed by atoms with Crippen molar-refractivity contribution < 1.29 is 5.11 Å². The van der Waals surface area contributed by atoms with Crippen molar-refractivity contribution in [2.45, 2.75) is 19.6 Å². The molecule has 1 aliphatic rings. The number of hydrogen-bond acceptors (Lipinski definition) is 9. The molecule has 12 nitrogen and oxygen atoms in total. The summed E-state index contributed by atoms with van der Waals surface area (Å²) in [5, 5.41) is 14.4. The Morgan fingerprint density at radius 3 is 2.73 bits per heavy atom. The van der Waals surface area contributed by atoms with E-state index < -0.39 is 6.10 Å². The number of aromatic amines is 2. The number of H-pyrrole nitrogens is 2. The first-order valence-corrected chi connectivity index (χ1v) is 13.8. The van der Waals surface area contributed by atoms with Gasteiger partial charge in [0.25, 0.3) is 5.56 Å². The molecule has 6 rings (SSSR count). The maximum absolute atomic E-state index is 13.0. The highest BCUT2D eigenvalue weighted by molar-refractivity contribution is 6.30. The smallest absolute Gasteiger partial charge is 0.261 e. The van der Waals surface area contributed by atoms with Crippen molar-refractivity contribution in [1.29, 1.82) is 0 Å². The van der Waals surface area contributed by atoms with E-state index in [1.54, 1.807) is 36.5 Å². The lowest BCUT2D eigenvalue weighted by atomic mass is 10.1. The van der Waals surface area contributed by atoms with E-state index in [9.17, 15) is 9.90 Å². The van der Waals surface area contributed by atoms with E-state index in [1.807, 2.05) is 30.9 Å². The van der Waals surface area contributed by atoms with E-state index in [1.165, 1.54) is 0 Å². The van der Waals surface area contributed by atoms with Crippen LogP contribution in [0.4, 0.5) is 11.6 Å². The summed E-state index contributed by atoms with van der Waals surface area (Å²) in [7, 11) is 2.01. The van der Waals surface area contributed by atoms with E-state index >= 15 is 0 Å². The number of imidazole rings is 2. The lowest BCUT2D eigenvalue weighted by molar-refractivity contribution is 0.191. The minimum atomic E-state index is -0.823. The molecule has 4 aromatic heterocycles. The Labute approximate surface area is 241 Å². The predicted molar refractivity (Wildman–Crippen MR) is 158 cm³/mol. The molecular formula is C28H31ClN10O2. The second-order valence-corrected chi connectivity index (χ2v) is 10.6. The molecule has 0 radical (unpaired) electrons. The van der Waals surface area contributed by atoms with Gasteiger partial charge in [-0.15, -0.1) is 0 Å². The van der Waals surface area contributed by atoms with Crippen LogP contribution >= 0.6 is 11.6 Å². The molecule has 0 aliphatic carbocycles. The molecule has 5 heterocycles. The predicted octanol–water partition coefficient (Wildman–Crippen LogP) is 2.87. The number of benzene rings is 1. The standard InChI is InChI=1S/C28H31ClN10O2/c1-17-24-26(36-28(33-17)39-12-10-38(11-13-39)16-22-30-8-9-37(22)2)35-25(34-24)23-20(6-7-31-27(23)41)32-15-21(40)18-4-3-5-19(29)14-18/h3-9,14,21,40H,10-13,15-16H2,1-2H3,(H2,31,32,41)(H,33,34,35,36). The summed E-state index contributed by atoms with van der Waals surface area (Å²) in [4.78, 5) is 42.1. The third kappa shape index (κ3) is 5.67. The van der Waals surface area contributed by atoms with Crippen molar-refractivity contribution in [3.63, 3.8) is 0 Å². The molecule has 1 aliphatic heterocycles. The van der Waals surface area contributed by atoms with Crippen LogP contribution in [-0.2, 0) is 13.6 Å². The normalized spacial score (nSPS) is 15.0. The Hall–Kier alpha value is -4.26. The number of nitrogens with one attached hydrogen (secondary N) is 3. The van der Waals surface area contributed by atoms with Crippen LogP contribution in [0.5, 0.6) is 0 Å². The van der Waals surface area contributed by atoms with Crippen LogP contribution in [0, 0.1) is 6.92 Å². The molecule has 13 heteroatoms. The number of nitrogens with zero attached hydrogens (tertiary/aromatic N) is 7. The average Bonchev–Trinajstić information content (AvgIpc) is 3.58. The van der Waals surface area contributed by atoms with Crippen LogP contribution < -0.4 is 15.8 Å². The molecule has 1 fully saturated rings. The summed E-state index contributed by atoms with van der Waals surface area (Å²) in [6, 6.07) is 8.79. The van der Waals surface area contributed by atoms with Crippen LogP contribution in [0.15, 0.2) is 53.7 Å².